The minimum absolute atomic E-state index is 0.331. The summed E-state index contributed by atoms with van der Waals surface area (Å²) < 4.78 is 4.94. The van der Waals surface area contributed by atoms with Crippen LogP contribution < -0.4 is 0 Å². The van der Waals surface area contributed by atoms with E-state index in [9.17, 15) is 9.59 Å². The van der Waals surface area contributed by atoms with Gasteiger partial charge in [0.2, 0.25) is 5.71 Å². The van der Waals surface area contributed by atoms with E-state index in [0.717, 1.165) is 0 Å². The Labute approximate surface area is 83.1 Å². The number of Topliss-reactive ketones (excluding diaryl/α,β-unsaturated/α-hetero) is 1. The maximum Gasteiger partial charge on any atom is 0.364 e. The molecule has 0 atom stereocenters. The molecule has 0 unspecified atom stereocenters. The summed E-state index contributed by atoms with van der Waals surface area (Å²) in [7, 11) is 1.26. The topological polar surface area (TPSA) is 65.0 Å². The molecule has 0 saturated heterocycles. The van der Waals surface area contributed by atoms with Crippen molar-refractivity contribution in [3.05, 3.63) is 0 Å². The molecule has 0 bridgehead atoms. The molecule has 14 heavy (non-hydrogen) atoms. The van der Waals surface area contributed by atoms with Gasteiger partial charge in [0, 0.05) is 6.92 Å². The van der Waals surface area contributed by atoms with E-state index in [1.165, 1.54) is 14.0 Å². The molecule has 0 aromatic carbocycles. The van der Waals surface area contributed by atoms with E-state index < -0.39 is 17.4 Å². The smallest absolute Gasteiger partial charge is 0.364 e. The van der Waals surface area contributed by atoms with Crippen molar-refractivity contribution in [2.75, 3.05) is 7.11 Å². The lowest BCUT2D eigenvalue weighted by Crippen LogP contribution is -2.32. The van der Waals surface area contributed by atoms with Crippen LogP contribution in [0.3, 0.4) is 0 Å². The first kappa shape index (κ1) is 12.6. The fraction of sp³-hybridized carbons (Fsp3) is 0.667. The highest BCUT2D eigenvalue weighted by molar-refractivity contribution is 6.63. The van der Waals surface area contributed by atoms with E-state index >= 15 is 0 Å². The van der Waals surface area contributed by atoms with Crippen molar-refractivity contribution >= 4 is 17.5 Å². The Morgan fingerprint density at radius 3 is 2.00 bits per heavy atom. The second-order valence-electron chi connectivity index (χ2n) is 3.68. The number of nitrogens with zero attached hydrogens (tertiary/aromatic N) is 1. The maximum atomic E-state index is 11.3. The van der Waals surface area contributed by atoms with Crippen LogP contribution in [0.1, 0.15) is 27.7 Å². The third-order valence-electron chi connectivity index (χ3n) is 1.11. The summed E-state index contributed by atoms with van der Waals surface area (Å²) in [5.74, 6) is -1.26. The number of rotatable bonds is 3. The second-order valence-corrected chi connectivity index (χ2v) is 3.68. The summed E-state index contributed by atoms with van der Waals surface area (Å²) in [4.78, 5) is 26.7. The zero-order chi connectivity index (χ0) is 11.4. The lowest BCUT2D eigenvalue weighted by Gasteiger charge is -2.19. The molecule has 0 saturated carbocycles. The zero-order valence-corrected chi connectivity index (χ0v) is 9.08. The Bertz CT molecular complexity index is 262. The normalized spacial score (nSPS) is 12.2. The van der Waals surface area contributed by atoms with E-state index in [1.807, 2.05) is 0 Å². The molecule has 0 aliphatic rings. The van der Waals surface area contributed by atoms with Crippen LogP contribution in [0, 0.1) is 0 Å². The molecule has 0 aromatic rings. The largest absolute Gasteiger partial charge is 0.455 e. The van der Waals surface area contributed by atoms with Crippen LogP contribution in [0.5, 0.6) is 0 Å². The van der Waals surface area contributed by atoms with Gasteiger partial charge in [0.25, 0.3) is 0 Å². The Balaban J connectivity index is 4.64. The summed E-state index contributed by atoms with van der Waals surface area (Å²) >= 11 is 0. The first-order valence-electron chi connectivity index (χ1n) is 4.13. The van der Waals surface area contributed by atoms with Gasteiger partial charge in [-0.1, -0.05) is 5.16 Å². The predicted octanol–water partition coefficient (Wildman–Crippen LogP) is 0.919. The molecule has 5 heteroatoms. The second kappa shape index (κ2) is 4.74. The third-order valence-corrected chi connectivity index (χ3v) is 1.11. The fourth-order valence-corrected chi connectivity index (χ4v) is 0.663. The maximum absolute atomic E-state index is 11.3. The Kier molecular flexibility index (Phi) is 4.27. The number of oxime groups is 1. The monoisotopic (exact) mass is 201 g/mol. The molecule has 80 valence electrons. The van der Waals surface area contributed by atoms with Crippen LogP contribution in [0.2, 0.25) is 0 Å². The molecular formula is C9H15NO4. The fourth-order valence-electron chi connectivity index (χ4n) is 0.663. The van der Waals surface area contributed by atoms with E-state index in [-0.39, 0.29) is 5.71 Å². The van der Waals surface area contributed by atoms with Gasteiger partial charge in [-0.3, -0.25) is 4.79 Å². The molecule has 0 heterocycles. The lowest BCUT2D eigenvalue weighted by atomic mass is 10.2. The average Bonchev–Trinajstić information content (AvgIpc) is 1.95. The van der Waals surface area contributed by atoms with Crippen LogP contribution in [-0.4, -0.2) is 30.2 Å². The summed E-state index contributed by atoms with van der Waals surface area (Å²) in [6, 6.07) is 0. The highest BCUT2D eigenvalue weighted by atomic mass is 16.6. The first-order valence-corrected chi connectivity index (χ1v) is 4.13. The van der Waals surface area contributed by atoms with Gasteiger partial charge in [0.1, 0.15) is 12.7 Å². The standard InChI is InChI=1S/C9H15NO4/c1-6(11)7(10-13-5)8(12)14-9(2,3)4/h1-5H3. The molecule has 0 rings (SSSR count). The zero-order valence-electron chi connectivity index (χ0n) is 9.08. The molecule has 0 amide bonds. The Hall–Kier alpha value is -1.39. The molecule has 0 aliphatic carbocycles. The molecule has 0 radical (unpaired) electrons. The van der Waals surface area contributed by atoms with Gasteiger partial charge in [-0.05, 0) is 20.8 Å². The van der Waals surface area contributed by atoms with Gasteiger partial charge >= 0.3 is 5.97 Å². The van der Waals surface area contributed by atoms with Crippen LogP contribution in [-0.2, 0) is 19.2 Å². The van der Waals surface area contributed by atoms with E-state index in [2.05, 4.69) is 9.99 Å². The van der Waals surface area contributed by atoms with Crippen molar-refractivity contribution in [1.82, 2.24) is 0 Å². The molecule has 0 N–H and O–H groups in total. The number of ether oxygens (including phenoxy) is 1. The van der Waals surface area contributed by atoms with Gasteiger partial charge in [-0.2, -0.15) is 0 Å². The van der Waals surface area contributed by atoms with Crippen molar-refractivity contribution in [2.24, 2.45) is 5.16 Å². The minimum atomic E-state index is -0.771. The summed E-state index contributed by atoms with van der Waals surface area (Å²) in [6.45, 7) is 6.34. The molecule has 0 aliphatic heterocycles. The van der Waals surface area contributed by atoms with Gasteiger partial charge in [-0.15, -0.1) is 0 Å². The molecule has 0 spiro atoms. The number of carbonyl (C=O) groups is 2. The highest BCUT2D eigenvalue weighted by Gasteiger charge is 2.24. The quantitative estimate of drug-likeness (QED) is 0.295. The van der Waals surface area contributed by atoms with Crippen molar-refractivity contribution in [3.8, 4) is 0 Å². The Morgan fingerprint density at radius 2 is 1.71 bits per heavy atom. The third kappa shape index (κ3) is 4.59. The number of esters is 1. The van der Waals surface area contributed by atoms with E-state index in [0.29, 0.717) is 0 Å². The minimum Gasteiger partial charge on any atom is -0.455 e. The molecule has 0 aromatic heterocycles. The van der Waals surface area contributed by atoms with Gasteiger partial charge < -0.3 is 9.57 Å². The highest BCUT2D eigenvalue weighted by Crippen LogP contribution is 2.07. The predicted molar refractivity (Wildman–Crippen MR) is 51.0 cm³/mol. The summed E-state index contributed by atoms with van der Waals surface area (Å²) in [5.41, 5.74) is -0.983. The average molecular weight is 201 g/mol. The summed E-state index contributed by atoms with van der Waals surface area (Å²) in [5, 5.41) is 3.30. The lowest BCUT2D eigenvalue weighted by molar-refractivity contribution is -0.146. The summed E-state index contributed by atoms with van der Waals surface area (Å²) in [6.07, 6.45) is 0. The Morgan fingerprint density at radius 1 is 1.21 bits per heavy atom. The number of hydrogen-bond acceptors (Lipinski definition) is 5. The SMILES string of the molecule is CON=C(C(C)=O)C(=O)OC(C)(C)C. The molecule has 0 fully saturated rings. The van der Waals surface area contributed by atoms with Crippen LogP contribution >= 0.6 is 0 Å². The molecule has 5 nitrogen and oxygen atoms in total. The van der Waals surface area contributed by atoms with Crippen molar-refractivity contribution in [3.63, 3.8) is 0 Å². The number of carbonyl (C=O) groups excluding carboxylic acids is 2. The number of hydrogen-bond donors (Lipinski definition) is 0. The van der Waals surface area contributed by atoms with Gasteiger partial charge in [0.05, 0.1) is 0 Å². The molecular weight excluding hydrogens is 186 g/mol. The van der Waals surface area contributed by atoms with Crippen LogP contribution in [0.25, 0.3) is 0 Å². The van der Waals surface area contributed by atoms with Crippen molar-refractivity contribution in [2.45, 2.75) is 33.3 Å². The van der Waals surface area contributed by atoms with Gasteiger partial charge in [0.15, 0.2) is 5.78 Å². The van der Waals surface area contributed by atoms with E-state index in [4.69, 9.17) is 4.74 Å². The van der Waals surface area contributed by atoms with Crippen molar-refractivity contribution < 1.29 is 19.2 Å². The van der Waals surface area contributed by atoms with Crippen LogP contribution in [0.4, 0.5) is 0 Å². The van der Waals surface area contributed by atoms with Crippen LogP contribution in [0.15, 0.2) is 5.16 Å². The van der Waals surface area contributed by atoms with Crippen molar-refractivity contribution in [1.29, 1.82) is 0 Å². The van der Waals surface area contributed by atoms with E-state index in [1.54, 1.807) is 20.8 Å². The number of ketones is 1. The van der Waals surface area contributed by atoms with Gasteiger partial charge in [-0.25, -0.2) is 4.79 Å². The first-order chi connectivity index (χ1) is 6.28.